The molecule has 0 saturated carbocycles. The summed E-state index contributed by atoms with van der Waals surface area (Å²) in [5.41, 5.74) is -0.151. The van der Waals surface area contributed by atoms with Crippen LogP contribution in [0.2, 0.25) is 0 Å². The van der Waals surface area contributed by atoms with Crippen molar-refractivity contribution >= 4 is 22.8 Å². The summed E-state index contributed by atoms with van der Waals surface area (Å²) >= 11 is 0. The molecule has 6 nitrogen and oxygen atoms in total. The Kier molecular flexibility index (Phi) is 4.30. The molecule has 0 aliphatic heterocycles. The van der Waals surface area contributed by atoms with Crippen molar-refractivity contribution in [2.75, 3.05) is 0 Å². The first-order valence-corrected chi connectivity index (χ1v) is 6.74. The summed E-state index contributed by atoms with van der Waals surface area (Å²) in [4.78, 5) is 27.5. The summed E-state index contributed by atoms with van der Waals surface area (Å²) in [6.07, 6.45) is -0.240. The van der Waals surface area contributed by atoms with E-state index < -0.39 is 23.6 Å². The zero-order valence-electron chi connectivity index (χ0n) is 12.6. The van der Waals surface area contributed by atoms with E-state index in [0.717, 1.165) is 0 Å². The number of aliphatic carboxylic acids is 1. The predicted octanol–water partition coefficient (Wildman–Crippen LogP) is 2.41. The van der Waals surface area contributed by atoms with Gasteiger partial charge in [0.2, 0.25) is 0 Å². The molecule has 0 spiro atoms. The fourth-order valence-electron chi connectivity index (χ4n) is 1.85. The van der Waals surface area contributed by atoms with Gasteiger partial charge in [-0.15, -0.1) is 0 Å². The number of hydrogen-bond acceptors (Lipinski definition) is 5. The van der Waals surface area contributed by atoms with Crippen molar-refractivity contribution in [3.8, 4) is 5.75 Å². The van der Waals surface area contributed by atoms with Gasteiger partial charge in [-0.1, -0.05) is 12.1 Å². The number of carboxylic acid groups (broad SMARTS) is 1. The van der Waals surface area contributed by atoms with Crippen LogP contribution in [0.1, 0.15) is 20.8 Å². The van der Waals surface area contributed by atoms with Crippen molar-refractivity contribution in [2.24, 2.45) is 0 Å². The van der Waals surface area contributed by atoms with Crippen LogP contribution in [0.4, 0.5) is 0 Å². The van der Waals surface area contributed by atoms with E-state index in [1.165, 1.54) is 12.3 Å². The average molecular weight is 303 g/mol. The molecular weight excluding hydrogens is 286 g/mol. The number of rotatable bonds is 4. The molecule has 0 saturated heterocycles. The third-order valence-electron chi connectivity index (χ3n) is 2.70. The number of aromatic nitrogens is 1. The van der Waals surface area contributed by atoms with Crippen LogP contribution in [0.25, 0.3) is 10.9 Å². The molecule has 1 aromatic heterocycles. The van der Waals surface area contributed by atoms with Crippen molar-refractivity contribution in [3.05, 3.63) is 36.5 Å². The quantitative estimate of drug-likeness (QED) is 0.689. The van der Waals surface area contributed by atoms with Crippen molar-refractivity contribution in [3.63, 3.8) is 0 Å². The molecule has 1 unspecified atom stereocenters. The monoisotopic (exact) mass is 303 g/mol. The Morgan fingerprint density at radius 1 is 1.18 bits per heavy atom. The number of carboxylic acids is 1. The lowest BCUT2D eigenvalue weighted by Gasteiger charge is -2.22. The second-order valence-electron chi connectivity index (χ2n) is 5.70. The molecule has 1 atom stereocenters. The molecule has 0 radical (unpaired) electrons. The normalized spacial score (nSPS) is 12.7. The topological polar surface area (TPSA) is 85.7 Å². The van der Waals surface area contributed by atoms with Gasteiger partial charge in [0.25, 0.3) is 6.10 Å². The van der Waals surface area contributed by atoms with E-state index >= 15 is 0 Å². The van der Waals surface area contributed by atoms with Crippen molar-refractivity contribution in [2.45, 2.75) is 32.5 Å². The first-order chi connectivity index (χ1) is 10.3. The van der Waals surface area contributed by atoms with Crippen LogP contribution >= 0.6 is 0 Å². The highest BCUT2D eigenvalue weighted by molar-refractivity contribution is 5.98. The minimum absolute atomic E-state index is 0.267. The second kappa shape index (κ2) is 6.01. The maximum absolute atomic E-state index is 12.0. The van der Waals surface area contributed by atoms with E-state index in [0.29, 0.717) is 10.9 Å². The third kappa shape index (κ3) is 3.72. The summed E-state index contributed by atoms with van der Waals surface area (Å²) in [5, 5.41) is 9.86. The van der Waals surface area contributed by atoms with Crippen LogP contribution in [-0.4, -0.2) is 33.7 Å². The molecule has 0 aliphatic rings. The fourth-order valence-corrected chi connectivity index (χ4v) is 1.85. The Labute approximate surface area is 127 Å². The number of ether oxygens (including phenoxy) is 2. The van der Waals surface area contributed by atoms with Crippen molar-refractivity contribution < 1.29 is 24.2 Å². The molecule has 116 valence electrons. The molecular formula is C16H17NO5. The van der Waals surface area contributed by atoms with Gasteiger partial charge < -0.3 is 14.6 Å². The number of carbonyl (C=O) groups excluding carboxylic acids is 1. The van der Waals surface area contributed by atoms with E-state index in [1.54, 1.807) is 39.0 Å². The summed E-state index contributed by atoms with van der Waals surface area (Å²) in [5.74, 6) is -2.08. The van der Waals surface area contributed by atoms with Crippen molar-refractivity contribution in [1.29, 1.82) is 0 Å². The van der Waals surface area contributed by atoms with E-state index in [2.05, 4.69) is 4.98 Å². The van der Waals surface area contributed by atoms with Gasteiger partial charge in [-0.2, -0.15) is 0 Å². The third-order valence-corrected chi connectivity index (χ3v) is 2.70. The summed E-state index contributed by atoms with van der Waals surface area (Å²) in [6, 6.07) is 8.61. The highest BCUT2D eigenvalue weighted by Crippen LogP contribution is 2.25. The molecule has 0 fully saturated rings. The number of para-hydroxylation sites is 1. The Bertz CT molecular complexity index is 700. The zero-order chi connectivity index (χ0) is 16.3. The SMILES string of the molecule is CC(C)(C)OC(=O)C(Oc1ccnc2ccccc12)C(=O)O. The van der Waals surface area contributed by atoms with Crippen LogP contribution in [0.5, 0.6) is 5.75 Å². The summed E-state index contributed by atoms with van der Waals surface area (Å²) in [6.45, 7) is 4.98. The van der Waals surface area contributed by atoms with Crippen molar-refractivity contribution in [1.82, 2.24) is 4.98 Å². The Balaban J connectivity index is 2.31. The summed E-state index contributed by atoms with van der Waals surface area (Å²) < 4.78 is 10.5. The van der Waals surface area contributed by atoms with E-state index in [9.17, 15) is 14.7 Å². The molecule has 0 amide bonds. The van der Waals surface area contributed by atoms with Crippen LogP contribution in [-0.2, 0) is 14.3 Å². The first-order valence-electron chi connectivity index (χ1n) is 6.74. The predicted molar refractivity (Wildman–Crippen MR) is 79.6 cm³/mol. The number of fused-ring (bicyclic) bond motifs is 1. The largest absolute Gasteiger partial charge is 0.478 e. The molecule has 22 heavy (non-hydrogen) atoms. The second-order valence-corrected chi connectivity index (χ2v) is 5.70. The minimum atomic E-state index is -1.73. The van der Waals surface area contributed by atoms with E-state index in [4.69, 9.17) is 9.47 Å². The first kappa shape index (κ1) is 15.8. The van der Waals surface area contributed by atoms with Crippen LogP contribution in [0.3, 0.4) is 0 Å². The molecule has 2 aromatic rings. The smallest absolute Gasteiger partial charge is 0.359 e. The van der Waals surface area contributed by atoms with Gasteiger partial charge in [0, 0.05) is 11.6 Å². The van der Waals surface area contributed by atoms with Gasteiger partial charge >= 0.3 is 11.9 Å². The molecule has 1 aromatic carbocycles. The van der Waals surface area contributed by atoms with Crippen LogP contribution in [0.15, 0.2) is 36.5 Å². The number of benzene rings is 1. The average Bonchev–Trinajstić information content (AvgIpc) is 2.42. The van der Waals surface area contributed by atoms with Crippen LogP contribution < -0.4 is 4.74 Å². The van der Waals surface area contributed by atoms with Gasteiger partial charge in [-0.3, -0.25) is 4.98 Å². The maximum atomic E-state index is 12.0. The lowest BCUT2D eigenvalue weighted by molar-refractivity contribution is -0.171. The number of esters is 1. The molecule has 6 heteroatoms. The van der Waals surface area contributed by atoms with Gasteiger partial charge in [0.15, 0.2) is 0 Å². The molecule has 2 rings (SSSR count). The minimum Gasteiger partial charge on any atom is -0.478 e. The molecule has 1 heterocycles. The highest BCUT2D eigenvalue weighted by Gasteiger charge is 2.33. The number of nitrogens with zero attached hydrogens (tertiary/aromatic N) is 1. The zero-order valence-corrected chi connectivity index (χ0v) is 12.6. The van der Waals surface area contributed by atoms with E-state index in [-0.39, 0.29) is 5.75 Å². The lowest BCUT2D eigenvalue weighted by atomic mass is 10.2. The lowest BCUT2D eigenvalue weighted by Crippen LogP contribution is -2.40. The van der Waals surface area contributed by atoms with Gasteiger partial charge in [0.1, 0.15) is 11.4 Å². The highest BCUT2D eigenvalue weighted by atomic mass is 16.6. The standard InChI is InChI=1S/C16H17NO5/c1-16(2,3)22-15(20)13(14(18)19)21-12-8-9-17-11-7-5-4-6-10(11)12/h4-9,13H,1-3H3,(H,18,19). The van der Waals surface area contributed by atoms with E-state index in [1.807, 2.05) is 6.07 Å². The Hall–Kier alpha value is -2.63. The number of pyridine rings is 1. The molecule has 0 aliphatic carbocycles. The molecule has 0 bridgehead atoms. The molecule has 1 N–H and O–H groups in total. The number of carbonyl (C=O) groups is 2. The maximum Gasteiger partial charge on any atom is 0.359 e. The number of hydrogen-bond donors (Lipinski definition) is 1. The van der Waals surface area contributed by atoms with Gasteiger partial charge in [-0.25, -0.2) is 9.59 Å². The Morgan fingerprint density at radius 2 is 1.86 bits per heavy atom. The summed E-state index contributed by atoms with van der Waals surface area (Å²) in [7, 11) is 0. The Morgan fingerprint density at radius 3 is 2.50 bits per heavy atom. The van der Waals surface area contributed by atoms with Crippen LogP contribution in [0, 0.1) is 0 Å². The van der Waals surface area contributed by atoms with Gasteiger partial charge in [0.05, 0.1) is 5.52 Å². The van der Waals surface area contributed by atoms with Gasteiger partial charge in [-0.05, 0) is 39.0 Å². The fraction of sp³-hybridized carbons (Fsp3) is 0.312.